The van der Waals surface area contributed by atoms with Gasteiger partial charge in [-0.15, -0.1) is 0 Å². The number of hydrogen-bond acceptors (Lipinski definition) is 4. The van der Waals surface area contributed by atoms with E-state index in [1.54, 1.807) is 6.07 Å². The van der Waals surface area contributed by atoms with Crippen molar-refractivity contribution in [3.63, 3.8) is 0 Å². The van der Waals surface area contributed by atoms with Crippen LogP contribution in [0.5, 0.6) is 0 Å². The van der Waals surface area contributed by atoms with Crippen molar-refractivity contribution < 1.29 is 18.8 Å². The van der Waals surface area contributed by atoms with Crippen LogP contribution >= 0.6 is 0 Å². The molecule has 3 aliphatic rings. The number of carbonyl (C=O) groups is 3. The maximum absolute atomic E-state index is 13.7. The van der Waals surface area contributed by atoms with Gasteiger partial charge in [0.25, 0.3) is 5.91 Å². The van der Waals surface area contributed by atoms with E-state index in [0.29, 0.717) is 18.0 Å². The highest BCUT2D eigenvalue weighted by molar-refractivity contribution is 6.01. The molecule has 0 radical (unpaired) electrons. The van der Waals surface area contributed by atoms with Gasteiger partial charge in [-0.1, -0.05) is 12.1 Å². The van der Waals surface area contributed by atoms with Crippen molar-refractivity contribution in [2.24, 2.45) is 7.05 Å². The number of rotatable bonds is 4. The van der Waals surface area contributed by atoms with Crippen LogP contribution in [0.4, 0.5) is 9.18 Å². The van der Waals surface area contributed by atoms with Crippen molar-refractivity contribution >= 4 is 28.7 Å². The van der Waals surface area contributed by atoms with Crippen molar-refractivity contribution in [3.05, 3.63) is 70.7 Å². The third-order valence-corrected chi connectivity index (χ3v) is 7.69. The molecule has 4 amide bonds. The molecule has 0 spiro atoms. The normalized spacial score (nSPS) is 19.3. The molecule has 2 fully saturated rings. The lowest BCUT2D eigenvalue weighted by Crippen LogP contribution is -2.56. The molecule has 2 saturated heterocycles. The number of urea groups is 1. The van der Waals surface area contributed by atoms with E-state index in [9.17, 15) is 18.8 Å². The summed E-state index contributed by atoms with van der Waals surface area (Å²) in [5, 5.41) is 6.17. The smallest absolute Gasteiger partial charge is 0.342 e. The number of nitrogens with zero attached hydrogens (tertiary/aromatic N) is 4. The molecule has 9 heteroatoms. The number of hydrogen-bond donors (Lipinski definition) is 1. The Hall–Kier alpha value is -3.72. The molecule has 8 nitrogen and oxygen atoms in total. The Kier molecular flexibility index (Phi) is 5.52. The molecule has 0 saturated carbocycles. The zero-order valence-corrected chi connectivity index (χ0v) is 20.2. The quantitative estimate of drug-likeness (QED) is 0.609. The Morgan fingerprint density at radius 3 is 2.58 bits per heavy atom. The van der Waals surface area contributed by atoms with Gasteiger partial charge >= 0.3 is 6.03 Å². The molecule has 3 aliphatic heterocycles. The van der Waals surface area contributed by atoms with Gasteiger partial charge in [0, 0.05) is 37.2 Å². The minimum absolute atomic E-state index is 0.183. The first kappa shape index (κ1) is 22.7. The van der Waals surface area contributed by atoms with E-state index in [4.69, 9.17) is 0 Å². The number of piperidine rings is 1. The third-order valence-electron chi connectivity index (χ3n) is 7.69. The van der Waals surface area contributed by atoms with E-state index >= 15 is 0 Å². The van der Waals surface area contributed by atoms with E-state index in [2.05, 4.69) is 22.5 Å². The minimum atomic E-state index is -0.549. The first-order valence-corrected chi connectivity index (χ1v) is 12.4. The van der Waals surface area contributed by atoms with Crippen molar-refractivity contribution in [2.45, 2.75) is 38.3 Å². The topological polar surface area (TPSA) is 77.9 Å². The molecule has 3 aromatic rings. The molecule has 1 aromatic heterocycles. The molecular weight excluding hydrogens is 461 g/mol. The first-order chi connectivity index (χ1) is 17.4. The fourth-order valence-corrected chi connectivity index (χ4v) is 5.81. The van der Waals surface area contributed by atoms with E-state index < -0.39 is 6.03 Å². The Morgan fingerprint density at radius 1 is 1.00 bits per heavy atom. The lowest BCUT2D eigenvalue weighted by Gasteiger charge is -2.33. The molecule has 0 bridgehead atoms. The van der Waals surface area contributed by atoms with E-state index in [1.807, 2.05) is 29.8 Å². The van der Waals surface area contributed by atoms with E-state index in [0.717, 1.165) is 54.5 Å². The van der Waals surface area contributed by atoms with Gasteiger partial charge in [-0.3, -0.25) is 19.8 Å². The summed E-state index contributed by atoms with van der Waals surface area (Å²) in [7, 11) is 1.97. The Morgan fingerprint density at radius 2 is 1.81 bits per heavy atom. The number of aromatic nitrogens is 1. The van der Waals surface area contributed by atoms with Crippen molar-refractivity contribution in [1.29, 1.82) is 0 Å². The molecule has 1 N–H and O–H groups in total. The average molecular weight is 490 g/mol. The molecule has 0 unspecified atom stereocenters. The summed E-state index contributed by atoms with van der Waals surface area (Å²) >= 11 is 0. The van der Waals surface area contributed by atoms with E-state index in [1.165, 1.54) is 21.6 Å². The number of amides is 4. The van der Waals surface area contributed by atoms with Gasteiger partial charge in [0.15, 0.2) is 0 Å². The largest absolute Gasteiger partial charge is 0.350 e. The lowest BCUT2D eigenvalue weighted by molar-refractivity contribution is -0.123. The lowest BCUT2D eigenvalue weighted by atomic mass is 9.89. The van der Waals surface area contributed by atoms with Gasteiger partial charge in [0.1, 0.15) is 5.82 Å². The van der Waals surface area contributed by atoms with Crippen LogP contribution in [0.25, 0.3) is 10.9 Å². The number of halogens is 1. The fourth-order valence-electron chi connectivity index (χ4n) is 5.81. The maximum atomic E-state index is 13.7. The second-order valence-corrected chi connectivity index (χ2v) is 9.99. The number of likely N-dealkylation sites (tertiary alicyclic amines) is 1. The van der Waals surface area contributed by atoms with Gasteiger partial charge in [0.2, 0.25) is 5.91 Å². The molecule has 6 rings (SSSR count). The van der Waals surface area contributed by atoms with Crippen LogP contribution in [0, 0.1) is 5.82 Å². The van der Waals surface area contributed by atoms with Crippen molar-refractivity contribution in [1.82, 2.24) is 24.8 Å². The second kappa shape index (κ2) is 8.74. The molecule has 4 heterocycles. The molecule has 0 aliphatic carbocycles. The second-order valence-electron chi connectivity index (χ2n) is 9.99. The van der Waals surface area contributed by atoms with Gasteiger partial charge < -0.3 is 4.57 Å². The standard InChI is InChI=1S/C27H28FN5O3/c1-30-16-23(22-5-3-20(28)13-24(22)30)18-6-9-31(10-7-18)14-17-2-4-21-19(12-17)15-33(26(21)35)32-11-8-25(34)29-27(32)36/h2-5,12-13,16,18H,6-11,14-15H2,1H3,(H,29,34,36). The third kappa shape index (κ3) is 3.93. The summed E-state index contributed by atoms with van der Waals surface area (Å²) in [6.07, 6.45) is 4.40. The number of hydrazine groups is 1. The summed E-state index contributed by atoms with van der Waals surface area (Å²) in [5.41, 5.74) is 4.88. The summed E-state index contributed by atoms with van der Waals surface area (Å²) in [4.78, 5) is 39.0. The molecule has 2 aromatic carbocycles. The van der Waals surface area contributed by atoms with Gasteiger partial charge in [0.05, 0.1) is 18.6 Å². The summed E-state index contributed by atoms with van der Waals surface area (Å²) in [6.45, 7) is 3.26. The van der Waals surface area contributed by atoms with Crippen molar-refractivity contribution in [2.75, 3.05) is 19.6 Å². The van der Waals surface area contributed by atoms with Crippen LogP contribution in [0.3, 0.4) is 0 Å². The minimum Gasteiger partial charge on any atom is -0.350 e. The number of benzene rings is 2. The maximum Gasteiger partial charge on any atom is 0.342 e. The Labute approximate surface area is 208 Å². The zero-order chi connectivity index (χ0) is 25.0. The number of aryl methyl sites for hydroxylation is 1. The highest BCUT2D eigenvalue weighted by Crippen LogP contribution is 2.35. The SMILES string of the molecule is Cn1cc(C2CCN(Cc3ccc4c(c3)CN(N3CCC(=O)NC3=O)C4=O)CC2)c2ccc(F)cc21. The van der Waals surface area contributed by atoms with Gasteiger partial charge in [-0.25, -0.2) is 19.2 Å². The van der Waals surface area contributed by atoms with Crippen LogP contribution in [-0.2, 0) is 24.9 Å². The van der Waals surface area contributed by atoms with Crippen LogP contribution in [-0.4, -0.2) is 57.0 Å². The zero-order valence-electron chi connectivity index (χ0n) is 20.2. The molecule has 36 heavy (non-hydrogen) atoms. The number of nitrogens with one attached hydrogen (secondary N) is 1. The first-order valence-electron chi connectivity index (χ1n) is 12.4. The van der Waals surface area contributed by atoms with Crippen LogP contribution < -0.4 is 5.32 Å². The number of fused-ring (bicyclic) bond motifs is 2. The highest BCUT2D eigenvalue weighted by atomic mass is 19.1. The average Bonchev–Trinajstić information content (AvgIpc) is 3.36. The van der Waals surface area contributed by atoms with Crippen LogP contribution in [0.1, 0.15) is 52.2 Å². The molecule has 0 atom stereocenters. The monoisotopic (exact) mass is 489 g/mol. The predicted molar refractivity (Wildman–Crippen MR) is 131 cm³/mol. The summed E-state index contributed by atoms with van der Waals surface area (Å²) in [5.74, 6) is -0.291. The van der Waals surface area contributed by atoms with Crippen molar-refractivity contribution in [3.8, 4) is 0 Å². The fraction of sp³-hybridized carbons (Fsp3) is 0.370. The van der Waals surface area contributed by atoms with Crippen LogP contribution in [0.15, 0.2) is 42.6 Å². The summed E-state index contributed by atoms with van der Waals surface area (Å²) in [6, 6.07) is 10.4. The van der Waals surface area contributed by atoms with Crippen LogP contribution in [0.2, 0.25) is 0 Å². The number of carbonyl (C=O) groups excluding carboxylic acids is 3. The van der Waals surface area contributed by atoms with E-state index in [-0.39, 0.29) is 30.6 Å². The summed E-state index contributed by atoms with van der Waals surface area (Å²) < 4.78 is 15.7. The predicted octanol–water partition coefficient (Wildman–Crippen LogP) is 3.51. The molecular formula is C27H28FN5O3. The highest BCUT2D eigenvalue weighted by Gasteiger charge is 2.37. The van der Waals surface area contributed by atoms with Gasteiger partial charge in [-0.05, 0) is 72.8 Å². The Bertz CT molecular complexity index is 1390. The number of imide groups is 1. The Balaban J connectivity index is 1.11. The molecule has 186 valence electrons. The van der Waals surface area contributed by atoms with Gasteiger partial charge in [-0.2, -0.15) is 0 Å².